The zero-order chi connectivity index (χ0) is 16.2. The Morgan fingerprint density at radius 1 is 1.00 bits per heavy atom. The van der Waals surface area contributed by atoms with Crippen LogP contribution >= 0.6 is 0 Å². The van der Waals surface area contributed by atoms with Crippen LogP contribution in [-0.4, -0.2) is 27.8 Å². The summed E-state index contributed by atoms with van der Waals surface area (Å²) in [5.74, 6) is 0.188. The molecule has 0 unspecified atom stereocenters. The summed E-state index contributed by atoms with van der Waals surface area (Å²) in [5.41, 5.74) is 1.36. The third kappa shape index (κ3) is 4.08. The molecular weight excluding hydrogens is 304 g/mol. The highest BCUT2D eigenvalue weighted by molar-refractivity contribution is 7.90. The van der Waals surface area contributed by atoms with Crippen LogP contribution in [-0.2, 0) is 21.2 Å². The Hall–Kier alpha value is -2.34. The lowest BCUT2D eigenvalue weighted by molar-refractivity contribution is 0.0600. The normalized spacial score (nSPS) is 11.0. The fourth-order valence-electron chi connectivity index (χ4n) is 1.80. The van der Waals surface area contributed by atoms with E-state index in [4.69, 9.17) is 4.74 Å². The van der Waals surface area contributed by atoms with Gasteiger partial charge in [-0.2, -0.15) is 0 Å². The monoisotopic (exact) mass is 320 g/mol. The molecule has 6 heteroatoms. The fraction of sp³-hybridized carbons (Fsp3) is 0.188. The fourth-order valence-corrected chi connectivity index (χ4v) is 2.44. The maximum atomic E-state index is 11.4. The highest BCUT2D eigenvalue weighted by Crippen LogP contribution is 2.17. The van der Waals surface area contributed by atoms with E-state index >= 15 is 0 Å². The van der Waals surface area contributed by atoms with Gasteiger partial charge in [0.05, 0.1) is 17.6 Å². The second kappa shape index (κ2) is 6.62. The maximum Gasteiger partial charge on any atom is 0.337 e. The van der Waals surface area contributed by atoms with E-state index in [-0.39, 0.29) is 10.9 Å². The first-order valence-electron chi connectivity index (χ1n) is 6.50. The number of ether oxygens (including phenoxy) is 2. The van der Waals surface area contributed by atoms with E-state index in [1.807, 2.05) is 0 Å². The molecule has 0 bridgehead atoms. The van der Waals surface area contributed by atoms with Crippen molar-refractivity contribution in [3.05, 3.63) is 59.7 Å². The van der Waals surface area contributed by atoms with Gasteiger partial charge in [0, 0.05) is 6.26 Å². The SMILES string of the molecule is COC(=O)c1ccc(COc2ccc(S(C)(=O)=O)cc2)cc1. The first-order chi connectivity index (χ1) is 10.4. The molecule has 0 amide bonds. The van der Waals surface area contributed by atoms with Crippen LogP contribution < -0.4 is 4.74 Å². The molecule has 5 nitrogen and oxygen atoms in total. The van der Waals surface area contributed by atoms with E-state index in [1.165, 1.54) is 19.2 Å². The van der Waals surface area contributed by atoms with Crippen LogP contribution in [0.15, 0.2) is 53.4 Å². The molecule has 0 saturated heterocycles. The average molecular weight is 320 g/mol. The third-order valence-electron chi connectivity index (χ3n) is 3.03. The van der Waals surface area contributed by atoms with E-state index in [9.17, 15) is 13.2 Å². The minimum absolute atomic E-state index is 0.252. The molecule has 2 rings (SSSR count). The zero-order valence-corrected chi connectivity index (χ0v) is 13.1. The number of benzene rings is 2. The van der Waals surface area contributed by atoms with Gasteiger partial charge in [-0.1, -0.05) is 12.1 Å². The first-order valence-corrected chi connectivity index (χ1v) is 8.39. The van der Waals surface area contributed by atoms with Crippen LogP contribution in [0.1, 0.15) is 15.9 Å². The lowest BCUT2D eigenvalue weighted by atomic mass is 10.1. The number of hydrogen-bond acceptors (Lipinski definition) is 5. The van der Waals surface area contributed by atoms with Gasteiger partial charge < -0.3 is 9.47 Å². The van der Waals surface area contributed by atoms with Crippen molar-refractivity contribution in [3.63, 3.8) is 0 Å². The van der Waals surface area contributed by atoms with Gasteiger partial charge in [-0.25, -0.2) is 13.2 Å². The molecule has 0 fully saturated rings. The highest BCUT2D eigenvalue weighted by Gasteiger charge is 2.07. The molecule has 0 saturated carbocycles. The lowest BCUT2D eigenvalue weighted by Gasteiger charge is -2.07. The van der Waals surface area contributed by atoms with Gasteiger partial charge in [0.15, 0.2) is 9.84 Å². The van der Waals surface area contributed by atoms with Crippen molar-refractivity contribution in [3.8, 4) is 5.75 Å². The number of methoxy groups -OCH3 is 1. The van der Waals surface area contributed by atoms with Gasteiger partial charge in [-0.3, -0.25) is 0 Å². The van der Waals surface area contributed by atoms with Crippen LogP contribution in [0, 0.1) is 0 Å². The summed E-state index contributed by atoms with van der Waals surface area (Å²) in [5, 5.41) is 0. The van der Waals surface area contributed by atoms with Gasteiger partial charge in [0.2, 0.25) is 0 Å². The Bertz CT molecular complexity index is 746. The molecule has 0 N–H and O–H groups in total. The van der Waals surface area contributed by atoms with Gasteiger partial charge in [0.25, 0.3) is 0 Å². The smallest absolute Gasteiger partial charge is 0.337 e. The second-order valence-electron chi connectivity index (χ2n) is 4.72. The molecule has 0 aliphatic carbocycles. The number of sulfone groups is 1. The summed E-state index contributed by atoms with van der Waals surface area (Å²) in [4.78, 5) is 11.6. The highest BCUT2D eigenvalue weighted by atomic mass is 32.2. The van der Waals surface area contributed by atoms with Crippen LogP contribution in [0.2, 0.25) is 0 Å². The average Bonchev–Trinajstić information content (AvgIpc) is 2.52. The van der Waals surface area contributed by atoms with Crippen molar-refractivity contribution in [1.29, 1.82) is 0 Å². The van der Waals surface area contributed by atoms with E-state index in [0.29, 0.717) is 17.9 Å². The van der Waals surface area contributed by atoms with Crippen LogP contribution in [0.4, 0.5) is 0 Å². The Kier molecular flexibility index (Phi) is 4.82. The number of carbonyl (C=O) groups is 1. The summed E-state index contributed by atoms with van der Waals surface area (Å²) in [6.07, 6.45) is 1.16. The molecule has 0 radical (unpaired) electrons. The number of rotatable bonds is 5. The van der Waals surface area contributed by atoms with Gasteiger partial charge >= 0.3 is 5.97 Å². The van der Waals surface area contributed by atoms with E-state index in [1.54, 1.807) is 36.4 Å². The number of esters is 1. The topological polar surface area (TPSA) is 69.7 Å². The van der Waals surface area contributed by atoms with Crippen molar-refractivity contribution in [2.45, 2.75) is 11.5 Å². The summed E-state index contributed by atoms with van der Waals surface area (Å²) in [6, 6.07) is 13.1. The van der Waals surface area contributed by atoms with Crippen LogP contribution in [0.25, 0.3) is 0 Å². The van der Waals surface area contributed by atoms with Crippen molar-refractivity contribution in [1.82, 2.24) is 0 Å². The Morgan fingerprint density at radius 2 is 1.59 bits per heavy atom. The third-order valence-corrected chi connectivity index (χ3v) is 4.16. The lowest BCUT2D eigenvalue weighted by Crippen LogP contribution is -2.02. The first kappa shape index (κ1) is 16.0. The Balaban J connectivity index is 1.99. The molecule has 0 heterocycles. The molecule has 0 aliphatic rings. The van der Waals surface area contributed by atoms with Crippen LogP contribution in [0.3, 0.4) is 0 Å². The number of carbonyl (C=O) groups excluding carboxylic acids is 1. The van der Waals surface area contributed by atoms with Crippen molar-refractivity contribution < 1.29 is 22.7 Å². The van der Waals surface area contributed by atoms with Crippen molar-refractivity contribution >= 4 is 15.8 Å². The second-order valence-corrected chi connectivity index (χ2v) is 6.74. The van der Waals surface area contributed by atoms with Crippen LogP contribution in [0.5, 0.6) is 5.75 Å². The molecule has 2 aromatic carbocycles. The quantitative estimate of drug-likeness (QED) is 0.792. The van der Waals surface area contributed by atoms with E-state index in [0.717, 1.165) is 11.8 Å². The number of hydrogen-bond donors (Lipinski definition) is 0. The van der Waals surface area contributed by atoms with E-state index in [2.05, 4.69) is 4.74 Å². The molecule has 0 atom stereocenters. The molecule has 0 spiro atoms. The summed E-state index contributed by atoms with van der Waals surface area (Å²) >= 11 is 0. The summed E-state index contributed by atoms with van der Waals surface area (Å²) in [7, 11) is -1.87. The predicted octanol–water partition coefficient (Wildman–Crippen LogP) is 2.46. The molecule has 2 aromatic rings. The molecule has 0 aliphatic heterocycles. The van der Waals surface area contributed by atoms with Gasteiger partial charge in [-0.15, -0.1) is 0 Å². The largest absolute Gasteiger partial charge is 0.489 e. The molecule has 0 aromatic heterocycles. The minimum Gasteiger partial charge on any atom is -0.489 e. The Labute approximate surface area is 129 Å². The molecule has 116 valence electrons. The zero-order valence-electron chi connectivity index (χ0n) is 12.3. The van der Waals surface area contributed by atoms with Crippen molar-refractivity contribution in [2.24, 2.45) is 0 Å². The van der Waals surface area contributed by atoms with Gasteiger partial charge in [0.1, 0.15) is 12.4 Å². The summed E-state index contributed by atoms with van der Waals surface area (Å²) in [6.45, 7) is 0.319. The van der Waals surface area contributed by atoms with E-state index < -0.39 is 9.84 Å². The van der Waals surface area contributed by atoms with Crippen molar-refractivity contribution in [2.75, 3.05) is 13.4 Å². The minimum atomic E-state index is -3.20. The molecular formula is C16H16O5S. The maximum absolute atomic E-state index is 11.4. The van der Waals surface area contributed by atoms with Gasteiger partial charge in [-0.05, 0) is 42.0 Å². The predicted molar refractivity (Wildman–Crippen MR) is 81.7 cm³/mol. The standard InChI is InChI=1S/C16H16O5S/c1-20-16(17)13-5-3-12(4-6-13)11-21-14-7-9-15(10-8-14)22(2,18)19/h3-10H,11H2,1-2H3. The Morgan fingerprint density at radius 3 is 2.09 bits per heavy atom. The summed E-state index contributed by atoms with van der Waals surface area (Å²) < 4.78 is 32.9. The molecule has 22 heavy (non-hydrogen) atoms.